The number of thiazole rings is 1. The first-order chi connectivity index (χ1) is 15.2. The molecule has 1 aliphatic heterocycles. The molecule has 1 fully saturated rings. The summed E-state index contributed by atoms with van der Waals surface area (Å²) in [6.45, 7) is 11.1. The number of hydrogen-bond acceptors (Lipinski definition) is 6. The minimum absolute atomic E-state index is 0.201. The number of morpholine rings is 1. The van der Waals surface area contributed by atoms with Crippen LogP contribution >= 0.6 is 11.3 Å². The average Bonchev–Trinajstić information content (AvgIpc) is 3.39. The van der Waals surface area contributed by atoms with E-state index in [2.05, 4.69) is 10.00 Å². The number of hydrogen-bond donors (Lipinski definition) is 0. The number of aryl methyl sites for hydroxylation is 1. The van der Waals surface area contributed by atoms with E-state index in [0.717, 1.165) is 29.6 Å². The SMILES string of the molecule is Cc1cc(C(=O)N(Cc2csc(N3CCOCC3)n2)c2ccc(F)cc2)n(C(C)(C)C)n1. The minimum atomic E-state index is -0.363. The van der Waals surface area contributed by atoms with Crippen molar-refractivity contribution in [1.29, 1.82) is 0 Å². The predicted molar refractivity (Wildman–Crippen MR) is 124 cm³/mol. The lowest BCUT2D eigenvalue weighted by atomic mass is 10.1. The van der Waals surface area contributed by atoms with Gasteiger partial charge in [0.25, 0.3) is 5.91 Å². The van der Waals surface area contributed by atoms with E-state index in [1.807, 2.05) is 33.1 Å². The summed E-state index contributed by atoms with van der Waals surface area (Å²) in [6.07, 6.45) is 0. The molecule has 1 aliphatic rings. The van der Waals surface area contributed by atoms with Crippen LogP contribution in [0.2, 0.25) is 0 Å². The van der Waals surface area contributed by atoms with E-state index in [0.29, 0.717) is 24.6 Å². The van der Waals surface area contributed by atoms with E-state index < -0.39 is 0 Å². The Kier molecular flexibility index (Phi) is 6.30. The van der Waals surface area contributed by atoms with Gasteiger partial charge < -0.3 is 14.5 Å². The Labute approximate surface area is 191 Å². The summed E-state index contributed by atoms with van der Waals surface area (Å²) in [6, 6.07) is 7.76. The van der Waals surface area contributed by atoms with Crippen LogP contribution in [0.1, 0.15) is 42.6 Å². The van der Waals surface area contributed by atoms with Crippen molar-refractivity contribution in [2.75, 3.05) is 36.1 Å². The highest BCUT2D eigenvalue weighted by Gasteiger charge is 2.28. The summed E-state index contributed by atoms with van der Waals surface area (Å²) >= 11 is 1.56. The number of amides is 1. The molecule has 1 amide bonds. The van der Waals surface area contributed by atoms with E-state index >= 15 is 0 Å². The predicted octanol–water partition coefficient (Wildman–Crippen LogP) is 4.23. The number of benzene rings is 1. The molecule has 0 saturated carbocycles. The van der Waals surface area contributed by atoms with Crippen molar-refractivity contribution in [3.63, 3.8) is 0 Å². The number of carbonyl (C=O) groups excluding carboxylic acids is 1. The highest BCUT2D eigenvalue weighted by Crippen LogP contribution is 2.27. The number of carbonyl (C=O) groups is 1. The van der Waals surface area contributed by atoms with E-state index in [4.69, 9.17) is 9.72 Å². The Balaban J connectivity index is 1.67. The van der Waals surface area contributed by atoms with Gasteiger partial charge in [-0.05, 0) is 58.0 Å². The van der Waals surface area contributed by atoms with Crippen molar-refractivity contribution in [3.8, 4) is 0 Å². The van der Waals surface area contributed by atoms with Crippen molar-refractivity contribution < 1.29 is 13.9 Å². The number of rotatable bonds is 5. The van der Waals surface area contributed by atoms with Crippen LogP contribution in [-0.2, 0) is 16.8 Å². The lowest BCUT2D eigenvalue weighted by Crippen LogP contribution is -2.36. The number of halogens is 1. The maximum Gasteiger partial charge on any atom is 0.276 e. The molecule has 170 valence electrons. The number of anilines is 2. The van der Waals surface area contributed by atoms with Gasteiger partial charge in [0, 0.05) is 24.2 Å². The van der Waals surface area contributed by atoms with Gasteiger partial charge >= 0.3 is 0 Å². The lowest BCUT2D eigenvalue weighted by Gasteiger charge is -2.27. The molecule has 0 N–H and O–H groups in total. The van der Waals surface area contributed by atoms with Crippen LogP contribution in [0, 0.1) is 12.7 Å². The van der Waals surface area contributed by atoms with Crippen LogP contribution in [-0.4, -0.2) is 47.0 Å². The second-order valence-electron chi connectivity index (χ2n) is 8.84. The second-order valence-corrected chi connectivity index (χ2v) is 9.68. The zero-order chi connectivity index (χ0) is 22.9. The Morgan fingerprint density at radius 2 is 1.91 bits per heavy atom. The maximum absolute atomic E-state index is 13.7. The van der Waals surface area contributed by atoms with Crippen LogP contribution in [0.3, 0.4) is 0 Å². The van der Waals surface area contributed by atoms with Crippen molar-refractivity contribution >= 4 is 28.1 Å². The maximum atomic E-state index is 13.7. The van der Waals surface area contributed by atoms with Crippen LogP contribution < -0.4 is 9.80 Å². The van der Waals surface area contributed by atoms with Gasteiger partial charge in [-0.1, -0.05) is 0 Å². The largest absolute Gasteiger partial charge is 0.378 e. The summed E-state index contributed by atoms with van der Waals surface area (Å²) in [5.41, 5.74) is 2.29. The Morgan fingerprint density at radius 1 is 1.22 bits per heavy atom. The van der Waals surface area contributed by atoms with Gasteiger partial charge in [-0.15, -0.1) is 11.3 Å². The van der Waals surface area contributed by atoms with Gasteiger partial charge in [-0.2, -0.15) is 5.10 Å². The molecule has 32 heavy (non-hydrogen) atoms. The summed E-state index contributed by atoms with van der Waals surface area (Å²) < 4.78 is 20.8. The van der Waals surface area contributed by atoms with Crippen molar-refractivity contribution in [2.24, 2.45) is 0 Å². The molecule has 1 aromatic carbocycles. The topological polar surface area (TPSA) is 63.5 Å². The molecule has 0 spiro atoms. The number of nitrogens with zero attached hydrogens (tertiary/aromatic N) is 5. The molecular weight excluding hydrogens is 429 g/mol. The quantitative estimate of drug-likeness (QED) is 0.574. The summed E-state index contributed by atoms with van der Waals surface area (Å²) in [5.74, 6) is -0.548. The van der Waals surface area contributed by atoms with Gasteiger partial charge in [0.15, 0.2) is 5.13 Å². The highest BCUT2D eigenvalue weighted by molar-refractivity contribution is 7.13. The van der Waals surface area contributed by atoms with E-state index in [1.165, 1.54) is 12.1 Å². The molecule has 0 bridgehead atoms. The third-order valence-corrected chi connectivity index (χ3v) is 6.16. The molecular formula is C23H28FN5O2S. The third kappa shape index (κ3) is 4.83. The van der Waals surface area contributed by atoms with Gasteiger partial charge in [0.05, 0.1) is 36.7 Å². The highest BCUT2D eigenvalue weighted by atomic mass is 32.1. The molecule has 2 aromatic heterocycles. The number of aromatic nitrogens is 3. The Bertz CT molecular complexity index is 1080. The molecule has 1 saturated heterocycles. The average molecular weight is 458 g/mol. The van der Waals surface area contributed by atoms with Gasteiger partial charge in [-0.25, -0.2) is 9.37 Å². The number of ether oxygens (including phenoxy) is 1. The van der Waals surface area contributed by atoms with Crippen LogP contribution in [0.5, 0.6) is 0 Å². The molecule has 0 unspecified atom stereocenters. The smallest absolute Gasteiger partial charge is 0.276 e. The second kappa shape index (κ2) is 8.99. The zero-order valence-corrected chi connectivity index (χ0v) is 19.7. The Morgan fingerprint density at radius 3 is 2.56 bits per heavy atom. The van der Waals surface area contributed by atoms with E-state index in [9.17, 15) is 9.18 Å². The standard InChI is InChI=1S/C23H28FN5O2S/c1-16-13-20(29(26-16)23(2,3)4)21(30)28(19-7-5-17(24)6-8-19)14-18-15-32-22(25-18)27-9-11-31-12-10-27/h5-8,13,15H,9-12,14H2,1-4H3. The third-order valence-electron chi connectivity index (χ3n) is 5.21. The Hall–Kier alpha value is -2.78. The van der Waals surface area contributed by atoms with Crippen LogP contribution in [0.4, 0.5) is 15.2 Å². The first kappa shape index (κ1) is 22.4. The molecule has 7 nitrogen and oxygen atoms in total. The van der Waals surface area contributed by atoms with Gasteiger partial charge in [0.1, 0.15) is 11.5 Å². The minimum Gasteiger partial charge on any atom is -0.378 e. The molecule has 0 aliphatic carbocycles. The summed E-state index contributed by atoms with van der Waals surface area (Å²) in [7, 11) is 0. The van der Waals surface area contributed by atoms with E-state index in [1.54, 1.807) is 39.1 Å². The molecule has 0 radical (unpaired) electrons. The van der Waals surface area contributed by atoms with Crippen molar-refractivity contribution in [2.45, 2.75) is 39.8 Å². The first-order valence-electron chi connectivity index (χ1n) is 10.6. The fraction of sp³-hybridized carbons (Fsp3) is 0.435. The van der Waals surface area contributed by atoms with E-state index in [-0.39, 0.29) is 23.8 Å². The van der Waals surface area contributed by atoms with Crippen molar-refractivity contribution in [3.05, 3.63) is 58.6 Å². The first-order valence-corrected chi connectivity index (χ1v) is 11.5. The fourth-order valence-corrected chi connectivity index (χ4v) is 4.50. The van der Waals surface area contributed by atoms with Gasteiger partial charge in [0.2, 0.25) is 0 Å². The lowest BCUT2D eigenvalue weighted by molar-refractivity contribution is 0.0967. The normalized spacial score (nSPS) is 14.6. The summed E-state index contributed by atoms with van der Waals surface area (Å²) in [5, 5.41) is 7.44. The molecule has 0 atom stereocenters. The van der Waals surface area contributed by atoms with Crippen LogP contribution in [0.25, 0.3) is 0 Å². The molecule has 3 aromatic rings. The van der Waals surface area contributed by atoms with Crippen LogP contribution in [0.15, 0.2) is 35.7 Å². The van der Waals surface area contributed by atoms with Crippen molar-refractivity contribution in [1.82, 2.24) is 14.8 Å². The summed E-state index contributed by atoms with van der Waals surface area (Å²) in [4.78, 5) is 22.3. The monoisotopic (exact) mass is 457 g/mol. The zero-order valence-electron chi connectivity index (χ0n) is 18.8. The molecule has 3 heterocycles. The van der Waals surface area contributed by atoms with Gasteiger partial charge in [-0.3, -0.25) is 9.48 Å². The molecule has 4 rings (SSSR count). The molecule has 9 heteroatoms. The fourth-order valence-electron chi connectivity index (χ4n) is 3.63.